The molecule has 0 radical (unpaired) electrons. The standard InChI is InChI=1S/C13H18N2O5.C12H16N2O6.C7H7ClO2S.2CH4.S/c1-4-7-9-10(20-13(2,3)19-9)11(18-7)15-6-5-8(16)14-12(15)17;1-12(2)19-8-6(5-15)18-10(9(8)20-12)14-4-3-7(16)13-11(14)17;1-6-2-4-7(5-3-6)11(8,9)10;;;/h5-7,9-11H,4H2,1-3H3,(H,14,16,17);3-4,6,8-10,15H,5H2,1-2H3,(H,13,16,17);2-5H,1H3;2*1H4;/q;;;;;-2/t7-,9+,10?,11-;6-,8+,9?,10-;;;;/m11..../s1. The fraction of sp³-hybridized carbons (Fsp3) is 0.588. The van der Waals surface area contributed by atoms with Crippen LogP contribution in [-0.4, -0.2) is 87.4 Å². The molecule has 4 fully saturated rings. The molecule has 6 heterocycles. The second-order valence-corrected chi connectivity index (χ2v) is 15.7. The number of nitrogens with zero attached hydrogens (tertiary/aromatic N) is 2. The van der Waals surface area contributed by atoms with Crippen LogP contribution in [0.3, 0.4) is 0 Å². The Morgan fingerprint density at radius 1 is 0.722 bits per heavy atom. The second-order valence-electron chi connectivity index (χ2n) is 13.1. The van der Waals surface area contributed by atoms with E-state index in [1.54, 1.807) is 26.0 Å². The highest BCUT2D eigenvalue weighted by Crippen LogP contribution is 2.44. The van der Waals surface area contributed by atoms with Gasteiger partial charge in [-0.15, -0.1) is 0 Å². The first-order valence-electron chi connectivity index (χ1n) is 16.1. The largest absolute Gasteiger partial charge is 2.00 e. The molecule has 3 N–H and O–H groups in total. The molecule has 54 heavy (non-hydrogen) atoms. The van der Waals surface area contributed by atoms with Crippen molar-refractivity contribution in [2.45, 2.75) is 128 Å². The van der Waals surface area contributed by atoms with Gasteiger partial charge in [0.25, 0.3) is 20.2 Å². The first kappa shape index (κ1) is 47.0. The van der Waals surface area contributed by atoms with Crippen molar-refractivity contribution in [1.82, 2.24) is 19.1 Å². The summed E-state index contributed by atoms with van der Waals surface area (Å²) in [5.74, 6) is -1.51. The molecule has 2 unspecified atom stereocenters. The smallest absolute Gasteiger partial charge is 0.330 e. The van der Waals surface area contributed by atoms with Crippen molar-refractivity contribution in [3.8, 4) is 0 Å². The Hall–Kier alpha value is -3.11. The van der Waals surface area contributed by atoms with E-state index in [9.17, 15) is 32.7 Å². The Balaban J connectivity index is 0.000000284. The number of aromatic amines is 2. The minimum Gasteiger partial charge on any atom is -2.00 e. The van der Waals surface area contributed by atoms with Crippen LogP contribution in [0.25, 0.3) is 0 Å². The molecule has 1 aromatic carbocycles. The molecule has 4 saturated heterocycles. The maximum absolute atomic E-state index is 11.9. The second kappa shape index (κ2) is 18.2. The number of nitrogens with one attached hydrogen (secondary N) is 2. The molecule has 17 nitrogen and oxygen atoms in total. The van der Waals surface area contributed by atoms with Gasteiger partial charge in [-0.25, -0.2) is 18.0 Å². The molecule has 4 aliphatic heterocycles. The quantitative estimate of drug-likeness (QED) is 0.316. The molecule has 304 valence electrons. The van der Waals surface area contributed by atoms with Crippen LogP contribution in [0.2, 0.25) is 0 Å². The van der Waals surface area contributed by atoms with Gasteiger partial charge in [0, 0.05) is 35.2 Å². The van der Waals surface area contributed by atoms with Crippen LogP contribution in [0.4, 0.5) is 0 Å². The monoisotopic (exact) mass is 820 g/mol. The van der Waals surface area contributed by atoms with Gasteiger partial charge >= 0.3 is 11.4 Å². The van der Waals surface area contributed by atoms with Gasteiger partial charge in [0.2, 0.25) is 0 Å². The van der Waals surface area contributed by atoms with Gasteiger partial charge in [-0.05, 0) is 53.2 Å². The number of fused-ring (bicyclic) bond motifs is 2. The van der Waals surface area contributed by atoms with E-state index in [1.165, 1.54) is 45.8 Å². The number of halogens is 1. The highest BCUT2D eigenvalue weighted by atomic mass is 35.7. The minimum absolute atomic E-state index is 0. The average molecular weight is 821 g/mol. The van der Waals surface area contributed by atoms with Crippen LogP contribution in [0, 0.1) is 6.92 Å². The molecule has 0 spiro atoms. The summed E-state index contributed by atoms with van der Waals surface area (Å²) in [5, 5.41) is 9.36. The summed E-state index contributed by atoms with van der Waals surface area (Å²) in [5.41, 5.74) is -1.01. The Kier molecular flexibility index (Phi) is 15.9. The van der Waals surface area contributed by atoms with Crippen LogP contribution in [0.5, 0.6) is 0 Å². The fourth-order valence-electron chi connectivity index (χ4n) is 6.20. The van der Waals surface area contributed by atoms with Gasteiger partial charge in [-0.2, -0.15) is 0 Å². The van der Waals surface area contributed by atoms with Crippen LogP contribution < -0.4 is 22.5 Å². The molecule has 20 heteroatoms. The summed E-state index contributed by atoms with van der Waals surface area (Å²) in [4.78, 5) is 50.5. The number of aliphatic hydroxyl groups excluding tert-OH is 1. The van der Waals surface area contributed by atoms with Gasteiger partial charge in [0.05, 0.1) is 17.6 Å². The van der Waals surface area contributed by atoms with Gasteiger partial charge in [-0.3, -0.25) is 28.7 Å². The maximum Gasteiger partial charge on any atom is 0.330 e. The molecule has 0 saturated carbocycles. The molecular weight excluding hydrogens is 772 g/mol. The third-order valence-electron chi connectivity index (χ3n) is 8.39. The summed E-state index contributed by atoms with van der Waals surface area (Å²) in [6.07, 6.45) is -0.0696. The topological polar surface area (TPSA) is 219 Å². The number of hydrogen-bond donors (Lipinski definition) is 3. The van der Waals surface area contributed by atoms with Gasteiger partial charge in [0.1, 0.15) is 30.5 Å². The summed E-state index contributed by atoms with van der Waals surface area (Å²) in [6, 6.07) is 8.90. The zero-order valence-corrected chi connectivity index (χ0v) is 31.5. The molecule has 2 aromatic heterocycles. The summed E-state index contributed by atoms with van der Waals surface area (Å²) in [6.45, 7) is 10.8. The summed E-state index contributed by atoms with van der Waals surface area (Å²) in [7, 11) is 1.54. The third kappa shape index (κ3) is 10.6. The Morgan fingerprint density at radius 2 is 1.11 bits per heavy atom. The van der Waals surface area contributed by atoms with Crippen molar-refractivity contribution in [3.05, 3.63) is 96.0 Å². The van der Waals surface area contributed by atoms with Crippen molar-refractivity contribution in [1.29, 1.82) is 0 Å². The number of aliphatic hydroxyl groups is 1. The summed E-state index contributed by atoms with van der Waals surface area (Å²) < 4.78 is 58.6. The molecule has 0 aliphatic carbocycles. The fourth-order valence-corrected chi connectivity index (χ4v) is 6.97. The van der Waals surface area contributed by atoms with E-state index in [4.69, 9.17) is 39.1 Å². The van der Waals surface area contributed by atoms with Gasteiger partial charge < -0.3 is 47.0 Å². The molecule has 4 aliphatic rings. The van der Waals surface area contributed by atoms with Crippen molar-refractivity contribution in [2.24, 2.45) is 0 Å². The SMILES string of the molecule is C.C.CC1(C)OC2[C@@H](O1)[C@@H](CO)O[C@H]2n1ccc(=O)[nH]c1=O.CC[C@H]1O[C@@H](n2ccc(=O)[nH]c2=O)C2OC(C)(C)O[C@H]21.Cc1ccc(S(=O)(=O)Cl)cc1.[S-2]. The molecule has 8 atom stereocenters. The van der Waals surface area contributed by atoms with Crippen LogP contribution in [0.1, 0.15) is 73.9 Å². The first-order valence-corrected chi connectivity index (χ1v) is 18.4. The van der Waals surface area contributed by atoms with Crippen LogP contribution in [-0.2, 0) is 51.0 Å². The van der Waals surface area contributed by atoms with Crippen LogP contribution in [0.15, 0.2) is 72.9 Å². The van der Waals surface area contributed by atoms with Crippen molar-refractivity contribution in [3.63, 3.8) is 0 Å². The lowest BCUT2D eigenvalue weighted by atomic mass is 10.1. The number of rotatable bonds is 5. The number of aryl methyl sites for hydroxylation is 1. The van der Waals surface area contributed by atoms with Crippen molar-refractivity contribution < 1.29 is 41.9 Å². The maximum atomic E-state index is 11.9. The molecular formula is C34H49ClN4O13S2-2. The zero-order chi connectivity index (χ0) is 37.5. The summed E-state index contributed by atoms with van der Waals surface area (Å²) >= 11 is 0. The number of benzene rings is 1. The van der Waals surface area contributed by atoms with E-state index in [0.29, 0.717) is 0 Å². The number of H-pyrrole nitrogens is 2. The molecule has 0 amide bonds. The van der Waals surface area contributed by atoms with E-state index >= 15 is 0 Å². The van der Waals surface area contributed by atoms with E-state index in [0.717, 1.165) is 12.0 Å². The van der Waals surface area contributed by atoms with E-state index in [1.807, 2.05) is 27.7 Å². The predicted molar refractivity (Wildman–Crippen MR) is 201 cm³/mol. The Bertz CT molecular complexity index is 1940. The lowest BCUT2D eigenvalue weighted by molar-refractivity contribution is -0.200. The molecule has 7 rings (SSSR count). The van der Waals surface area contributed by atoms with Gasteiger partial charge in [0.15, 0.2) is 24.0 Å². The lowest BCUT2D eigenvalue weighted by Gasteiger charge is -2.24. The van der Waals surface area contributed by atoms with Crippen LogP contribution >= 0.6 is 10.7 Å². The Morgan fingerprint density at radius 3 is 1.48 bits per heavy atom. The van der Waals surface area contributed by atoms with E-state index in [2.05, 4.69) is 9.97 Å². The predicted octanol–water partition coefficient (Wildman–Crippen LogP) is 2.50. The highest BCUT2D eigenvalue weighted by molar-refractivity contribution is 8.13. The number of hydrogen-bond acceptors (Lipinski definition) is 13. The normalized spacial score (nSPS) is 28.4. The highest BCUT2D eigenvalue weighted by Gasteiger charge is 2.56. The first-order chi connectivity index (χ1) is 23.8. The molecule has 3 aromatic rings. The van der Waals surface area contributed by atoms with Crippen molar-refractivity contribution >= 4 is 33.2 Å². The average Bonchev–Trinajstić information content (AvgIpc) is 3.73. The third-order valence-corrected chi connectivity index (χ3v) is 9.76. The van der Waals surface area contributed by atoms with Gasteiger partial charge in [-0.1, -0.05) is 39.5 Å². The lowest BCUT2D eigenvalue weighted by Crippen LogP contribution is -2.37. The van der Waals surface area contributed by atoms with E-state index < -0.39 is 73.9 Å². The van der Waals surface area contributed by atoms with E-state index in [-0.39, 0.29) is 58.2 Å². The van der Waals surface area contributed by atoms with Crippen molar-refractivity contribution in [2.75, 3.05) is 6.61 Å². The molecule has 0 bridgehead atoms. The number of aromatic nitrogens is 4. The Labute approximate surface area is 324 Å². The number of ether oxygens (including phenoxy) is 6. The minimum atomic E-state index is -3.55. The zero-order valence-electron chi connectivity index (χ0n) is 29.1.